The Balaban J connectivity index is 1.83. The molecule has 3 unspecified atom stereocenters. The topological polar surface area (TPSA) is 27.7 Å². The summed E-state index contributed by atoms with van der Waals surface area (Å²) in [5, 5.41) is 0. The number of hydrogen-bond donors (Lipinski definition) is 0. The summed E-state index contributed by atoms with van der Waals surface area (Å²) in [4.78, 5) is 0. The highest BCUT2D eigenvalue weighted by Gasteiger charge is 2.37. The molecular formula is C17H18O3. The van der Waals surface area contributed by atoms with Crippen molar-refractivity contribution in [3.63, 3.8) is 0 Å². The van der Waals surface area contributed by atoms with Gasteiger partial charge in [-0.2, -0.15) is 0 Å². The zero-order chi connectivity index (χ0) is 13.8. The summed E-state index contributed by atoms with van der Waals surface area (Å²) in [6.07, 6.45) is -0.518. The third kappa shape index (κ3) is 2.75. The molecule has 3 atom stereocenters. The molecule has 3 heteroatoms. The molecule has 20 heavy (non-hydrogen) atoms. The highest BCUT2D eigenvalue weighted by molar-refractivity contribution is 5.22. The highest BCUT2D eigenvalue weighted by Crippen LogP contribution is 2.39. The van der Waals surface area contributed by atoms with Crippen molar-refractivity contribution in [2.24, 2.45) is 0 Å². The Hall–Kier alpha value is -1.68. The van der Waals surface area contributed by atoms with Gasteiger partial charge in [0.2, 0.25) is 0 Å². The minimum atomic E-state index is -0.332. The van der Waals surface area contributed by atoms with E-state index in [1.165, 1.54) is 0 Å². The van der Waals surface area contributed by atoms with Crippen LogP contribution in [0.5, 0.6) is 0 Å². The van der Waals surface area contributed by atoms with Crippen LogP contribution in [0.2, 0.25) is 0 Å². The van der Waals surface area contributed by atoms with E-state index in [9.17, 15) is 0 Å². The van der Waals surface area contributed by atoms with E-state index in [4.69, 9.17) is 14.2 Å². The van der Waals surface area contributed by atoms with Gasteiger partial charge in [0.05, 0.1) is 6.61 Å². The first-order chi connectivity index (χ1) is 9.88. The van der Waals surface area contributed by atoms with E-state index in [-0.39, 0.29) is 18.5 Å². The van der Waals surface area contributed by atoms with Gasteiger partial charge in [0, 0.05) is 12.7 Å². The lowest BCUT2D eigenvalue weighted by Gasteiger charge is -2.15. The van der Waals surface area contributed by atoms with E-state index < -0.39 is 0 Å². The molecule has 1 saturated heterocycles. The molecule has 2 aromatic rings. The van der Waals surface area contributed by atoms with Crippen LogP contribution in [0.25, 0.3) is 0 Å². The number of ether oxygens (including phenoxy) is 3. The molecule has 3 rings (SSSR count). The summed E-state index contributed by atoms with van der Waals surface area (Å²) in [7, 11) is 1.68. The predicted molar refractivity (Wildman–Crippen MR) is 76.2 cm³/mol. The fourth-order valence-electron chi connectivity index (χ4n) is 2.48. The summed E-state index contributed by atoms with van der Waals surface area (Å²) in [5.41, 5.74) is 2.15. The van der Waals surface area contributed by atoms with Gasteiger partial charge in [-0.1, -0.05) is 60.7 Å². The minimum absolute atomic E-state index is 0.0902. The second-order valence-electron chi connectivity index (χ2n) is 4.84. The van der Waals surface area contributed by atoms with Gasteiger partial charge in [0.15, 0.2) is 6.29 Å². The van der Waals surface area contributed by atoms with Crippen LogP contribution in [0.3, 0.4) is 0 Å². The van der Waals surface area contributed by atoms with Crippen molar-refractivity contribution in [2.45, 2.75) is 18.5 Å². The van der Waals surface area contributed by atoms with Crippen LogP contribution in [0.15, 0.2) is 60.7 Å². The van der Waals surface area contributed by atoms with Crippen molar-refractivity contribution in [3.05, 3.63) is 71.8 Å². The monoisotopic (exact) mass is 270 g/mol. The van der Waals surface area contributed by atoms with Gasteiger partial charge in [-0.05, 0) is 5.56 Å². The Morgan fingerprint density at radius 1 is 0.850 bits per heavy atom. The normalized spacial score (nSPS) is 25.8. The van der Waals surface area contributed by atoms with E-state index in [1.54, 1.807) is 7.11 Å². The van der Waals surface area contributed by atoms with Crippen molar-refractivity contribution in [1.82, 2.24) is 0 Å². The Bertz CT molecular complexity index is 526. The van der Waals surface area contributed by atoms with E-state index in [2.05, 4.69) is 12.1 Å². The molecule has 0 aromatic heterocycles. The molecule has 1 heterocycles. The maximum absolute atomic E-state index is 6.10. The molecule has 0 bridgehead atoms. The second-order valence-corrected chi connectivity index (χ2v) is 4.84. The smallest absolute Gasteiger partial charge is 0.185 e. The van der Waals surface area contributed by atoms with E-state index >= 15 is 0 Å². The minimum Gasteiger partial charge on any atom is -0.382 e. The van der Waals surface area contributed by atoms with Crippen molar-refractivity contribution >= 4 is 0 Å². The molecule has 0 N–H and O–H groups in total. The first-order valence-electron chi connectivity index (χ1n) is 6.78. The molecule has 0 aliphatic carbocycles. The highest BCUT2D eigenvalue weighted by atomic mass is 16.7. The van der Waals surface area contributed by atoms with Crippen LogP contribution >= 0.6 is 0 Å². The lowest BCUT2D eigenvalue weighted by Crippen LogP contribution is -2.20. The fourth-order valence-corrected chi connectivity index (χ4v) is 2.48. The van der Waals surface area contributed by atoms with Crippen molar-refractivity contribution in [2.75, 3.05) is 13.7 Å². The molecule has 3 nitrogen and oxygen atoms in total. The van der Waals surface area contributed by atoms with E-state index in [0.29, 0.717) is 6.61 Å². The van der Waals surface area contributed by atoms with Crippen molar-refractivity contribution < 1.29 is 14.2 Å². The van der Waals surface area contributed by atoms with Crippen LogP contribution in [0.4, 0.5) is 0 Å². The van der Waals surface area contributed by atoms with Gasteiger partial charge in [0.25, 0.3) is 0 Å². The average Bonchev–Trinajstić information content (AvgIpc) is 2.94. The van der Waals surface area contributed by atoms with Gasteiger partial charge in [-0.25, -0.2) is 0 Å². The summed E-state index contributed by atoms with van der Waals surface area (Å²) < 4.78 is 17.4. The summed E-state index contributed by atoms with van der Waals surface area (Å²) in [6, 6.07) is 20.1. The molecule has 1 aliphatic heterocycles. The lowest BCUT2D eigenvalue weighted by molar-refractivity contribution is -0.0758. The molecule has 1 fully saturated rings. The van der Waals surface area contributed by atoms with Crippen molar-refractivity contribution in [1.29, 1.82) is 0 Å². The van der Waals surface area contributed by atoms with Gasteiger partial charge in [-0.15, -0.1) is 0 Å². The summed E-state index contributed by atoms with van der Waals surface area (Å²) in [6.45, 7) is 0.517. The summed E-state index contributed by atoms with van der Waals surface area (Å²) in [5.74, 6) is 0. The SMILES string of the molecule is COCC1OC(c2ccccc2)OC1c1ccccc1. The summed E-state index contributed by atoms with van der Waals surface area (Å²) >= 11 is 0. The van der Waals surface area contributed by atoms with Crippen LogP contribution < -0.4 is 0 Å². The maximum atomic E-state index is 6.10. The van der Waals surface area contributed by atoms with E-state index in [1.807, 2.05) is 48.5 Å². The van der Waals surface area contributed by atoms with Gasteiger partial charge >= 0.3 is 0 Å². The Kier molecular flexibility index (Phi) is 4.11. The molecule has 2 aromatic carbocycles. The maximum Gasteiger partial charge on any atom is 0.185 e. The molecule has 0 radical (unpaired) electrons. The Morgan fingerprint density at radius 2 is 1.45 bits per heavy atom. The number of methoxy groups -OCH3 is 1. The first kappa shape index (κ1) is 13.3. The lowest BCUT2D eigenvalue weighted by atomic mass is 10.1. The standard InChI is InChI=1S/C17H18O3/c1-18-12-15-16(13-8-4-2-5-9-13)20-17(19-15)14-10-6-3-7-11-14/h2-11,15-17H,12H2,1H3. The molecule has 0 saturated carbocycles. The van der Waals surface area contributed by atoms with Gasteiger partial charge < -0.3 is 14.2 Å². The quantitative estimate of drug-likeness (QED) is 0.851. The number of rotatable bonds is 4. The second kappa shape index (κ2) is 6.18. The number of benzene rings is 2. The van der Waals surface area contributed by atoms with Crippen LogP contribution in [0, 0.1) is 0 Å². The van der Waals surface area contributed by atoms with Gasteiger partial charge in [-0.3, -0.25) is 0 Å². The van der Waals surface area contributed by atoms with Crippen molar-refractivity contribution in [3.8, 4) is 0 Å². The fraction of sp³-hybridized carbons (Fsp3) is 0.294. The van der Waals surface area contributed by atoms with Crippen LogP contribution in [-0.4, -0.2) is 19.8 Å². The molecule has 104 valence electrons. The largest absolute Gasteiger partial charge is 0.382 e. The first-order valence-corrected chi connectivity index (χ1v) is 6.78. The molecular weight excluding hydrogens is 252 g/mol. The molecule has 1 aliphatic rings. The predicted octanol–water partition coefficient (Wildman–Crippen LogP) is 3.49. The van der Waals surface area contributed by atoms with Gasteiger partial charge in [0.1, 0.15) is 12.2 Å². The van der Waals surface area contributed by atoms with Crippen LogP contribution in [-0.2, 0) is 14.2 Å². The molecule has 0 amide bonds. The Morgan fingerprint density at radius 3 is 2.05 bits per heavy atom. The zero-order valence-corrected chi connectivity index (χ0v) is 11.4. The average molecular weight is 270 g/mol. The Labute approximate surface area is 119 Å². The van der Waals surface area contributed by atoms with E-state index in [0.717, 1.165) is 11.1 Å². The third-order valence-electron chi connectivity index (χ3n) is 3.44. The van der Waals surface area contributed by atoms with Crippen LogP contribution in [0.1, 0.15) is 23.5 Å². The molecule has 0 spiro atoms. The number of hydrogen-bond acceptors (Lipinski definition) is 3. The zero-order valence-electron chi connectivity index (χ0n) is 11.4. The third-order valence-corrected chi connectivity index (χ3v) is 3.44.